The van der Waals surface area contributed by atoms with Crippen LogP contribution in [0.3, 0.4) is 0 Å². The fourth-order valence-corrected chi connectivity index (χ4v) is 2.12. The average Bonchev–Trinajstić information content (AvgIpc) is 2.43. The van der Waals surface area contributed by atoms with Crippen LogP contribution in [0.15, 0.2) is 27.8 Å². The summed E-state index contributed by atoms with van der Waals surface area (Å²) in [5, 5.41) is 15.6. The van der Waals surface area contributed by atoms with Crippen molar-refractivity contribution < 1.29 is 14.6 Å². The van der Waals surface area contributed by atoms with Crippen LogP contribution in [0.1, 0.15) is 18.0 Å². The van der Waals surface area contributed by atoms with Gasteiger partial charge in [0, 0.05) is 15.9 Å². The molecule has 0 radical (unpaired) electrons. The molecule has 0 spiro atoms. The predicted octanol–water partition coefficient (Wildman–Crippen LogP) is 2.87. The van der Waals surface area contributed by atoms with E-state index in [0.717, 1.165) is 0 Å². The highest BCUT2D eigenvalue weighted by atomic mass is 79.9. The van der Waals surface area contributed by atoms with Gasteiger partial charge in [0.1, 0.15) is 11.8 Å². The number of azide groups is 1. The van der Waals surface area contributed by atoms with Crippen molar-refractivity contribution >= 4 is 21.9 Å². The molecule has 0 aliphatic carbocycles. The lowest BCUT2D eigenvalue weighted by Gasteiger charge is -2.17. The molecule has 0 aromatic heterocycles. The Morgan fingerprint density at radius 2 is 2.40 bits per heavy atom. The Balaban J connectivity index is 2.80. The number of hydrogen-bond acceptors (Lipinski definition) is 4. The number of carboxylic acids is 1. The Kier molecular flexibility index (Phi) is 6.86. The largest absolute Gasteiger partial charge is 0.497 e. The lowest BCUT2D eigenvalue weighted by atomic mass is 10.1. The third-order valence-electron chi connectivity index (χ3n) is 2.61. The minimum absolute atomic E-state index is 0.328. The van der Waals surface area contributed by atoms with E-state index in [1.54, 1.807) is 18.2 Å². The zero-order valence-corrected chi connectivity index (χ0v) is 12.5. The summed E-state index contributed by atoms with van der Waals surface area (Å²) < 4.78 is 5.79. The monoisotopic (exact) mass is 342 g/mol. The highest BCUT2D eigenvalue weighted by molar-refractivity contribution is 9.10. The number of carboxylic acid groups (broad SMARTS) is 1. The van der Waals surface area contributed by atoms with E-state index in [-0.39, 0.29) is 0 Å². The molecule has 7 nitrogen and oxygen atoms in total. The van der Waals surface area contributed by atoms with Crippen molar-refractivity contribution in [2.45, 2.75) is 12.5 Å². The third-order valence-corrected chi connectivity index (χ3v) is 3.33. The summed E-state index contributed by atoms with van der Waals surface area (Å²) in [5.74, 6) is -0.395. The minimum atomic E-state index is -0.984. The van der Waals surface area contributed by atoms with Crippen LogP contribution in [0.4, 0.5) is 0 Å². The van der Waals surface area contributed by atoms with Crippen LogP contribution in [-0.2, 0) is 4.79 Å². The molecular formula is C12H15BrN4O3. The SMILES string of the molecule is COc1ccc(Br)c(C(NCCCN=[N+]=[N-])C(=O)O)c1. The first-order chi connectivity index (χ1) is 9.60. The number of nitrogens with zero attached hydrogens (tertiary/aromatic N) is 3. The number of ether oxygens (including phenoxy) is 1. The standard InChI is InChI=1S/C12H15BrN4O3/c1-20-8-3-4-10(13)9(7-8)11(12(18)19)15-5-2-6-16-17-14/h3-4,7,11,15H,2,5-6H2,1H3,(H,18,19). The first-order valence-corrected chi connectivity index (χ1v) is 6.70. The number of aliphatic carboxylic acids is 1. The summed E-state index contributed by atoms with van der Waals surface area (Å²) in [6.07, 6.45) is 0.565. The third kappa shape index (κ3) is 4.73. The van der Waals surface area contributed by atoms with Gasteiger partial charge in [0.2, 0.25) is 0 Å². The molecule has 0 heterocycles. The van der Waals surface area contributed by atoms with E-state index in [1.807, 2.05) is 0 Å². The number of nitrogens with one attached hydrogen (secondary N) is 1. The molecule has 1 aromatic carbocycles. The fourth-order valence-electron chi connectivity index (χ4n) is 1.64. The molecule has 1 unspecified atom stereocenters. The van der Waals surface area contributed by atoms with Crippen molar-refractivity contribution in [1.29, 1.82) is 0 Å². The van der Waals surface area contributed by atoms with Crippen molar-refractivity contribution in [3.8, 4) is 5.75 Å². The van der Waals surface area contributed by atoms with Gasteiger partial charge in [-0.15, -0.1) is 0 Å². The maximum atomic E-state index is 11.4. The molecule has 1 atom stereocenters. The molecule has 0 bridgehead atoms. The molecule has 1 aromatic rings. The predicted molar refractivity (Wildman–Crippen MR) is 77.7 cm³/mol. The Hall–Kier alpha value is -1.76. The molecule has 0 aliphatic heterocycles. The maximum Gasteiger partial charge on any atom is 0.325 e. The summed E-state index contributed by atoms with van der Waals surface area (Å²) in [6, 6.07) is 4.30. The van der Waals surface area contributed by atoms with Gasteiger partial charge in [-0.05, 0) is 42.3 Å². The first kappa shape index (κ1) is 16.3. The second-order valence-electron chi connectivity index (χ2n) is 3.92. The van der Waals surface area contributed by atoms with E-state index in [0.29, 0.717) is 35.3 Å². The van der Waals surface area contributed by atoms with Gasteiger partial charge in [0.25, 0.3) is 0 Å². The Morgan fingerprint density at radius 3 is 3.00 bits per heavy atom. The summed E-state index contributed by atoms with van der Waals surface area (Å²) in [7, 11) is 1.52. The quantitative estimate of drug-likeness (QED) is 0.327. The Morgan fingerprint density at radius 1 is 1.65 bits per heavy atom. The van der Waals surface area contributed by atoms with Crippen LogP contribution in [0, 0.1) is 0 Å². The molecule has 20 heavy (non-hydrogen) atoms. The number of rotatable bonds is 8. The minimum Gasteiger partial charge on any atom is -0.497 e. The number of halogens is 1. The van der Waals surface area contributed by atoms with Crippen molar-refractivity contribution in [2.75, 3.05) is 20.2 Å². The summed E-state index contributed by atoms with van der Waals surface area (Å²) >= 11 is 3.34. The van der Waals surface area contributed by atoms with E-state index in [4.69, 9.17) is 10.3 Å². The number of carbonyl (C=O) groups is 1. The molecule has 108 valence electrons. The summed E-state index contributed by atoms with van der Waals surface area (Å²) in [6.45, 7) is 0.759. The van der Waals surface area contributed by atoms with Crippen LogP contribution in [-0.4, -0.2) is 31.3 Å². The van der Waals surface area contributed by atoms with Crippen LogP contribution in [0.25, 0.3) is 10.4 Å². The van der Waals surface area contributed by atoms with E-state index >= 15 is 0 Å². The van der Waals surface area contributed by atoms with Gasteiger partial charge in [0.15, 0.2) is 0 Å². The van der Waals surface area contributed by atoms with Crippen LogP contribution >= 0.6 is 15.9 Å². The van der Waals surface area contributed by atoms with E-state index in [1.165, 1.54) is 7.11 Å². The van der Waals surface area contributed by atoms with Crippen LogP contribution in [0.5, 0.6) is 5.75 Å². The number of benzene rings is 1. The van der Waals surface area contributed by atoms with Crippen LogP contribution in [0.2, 0.25) is 0 Å². The molecular weight excluding hydrogens is 328 g/mol. The molecule has 8 heteroatoms. The van der Waals surface area contributed by atoms with Gasteiger partial charge in [-0.25, -0.2) is 0 Å². The smallest absolute Gasteiger partial charge is 0.325 e. The van der Waals surface area contributed by atoms with Gasteiger partial charge in [-0.3, -0.25) is 4.79 Å². The van der Waals surface area contributed by atoms with Crippen molar-refractivity contribution in [2.24, 2.45) is 5.11 Å². The summed E-state index contributed by atoms with van der Waals surface area (Å²) in [4.78, 5) is 14.0. The molecule has 0 fully saturated rings. The van der Waals surface area contributed by atoms with E-state index in [2.05, 4.69) is 31.3 Å². The summed E-state index contributed by atoms with van der Waals surface area (Å²) in [5.41, 5.74) is 8.74. The number of methoxy groups -OCH3 is 1. The normalized spacial score (nSPS) is 11.5. The van der Waals surface area contributed by atoms with Gasteiger partial charge in [0.05, 0.1) is 7.11 Å². The topological polar surface area (TPSA) is 107 Å². The lowest BCUT2D eigenvalue weighted by Crippen LogP contribution is -2.30. The average molecular weight is 343 g/mol. The van der Waals surface area contributed by atoms with Crippen molar-refractivity contribution in [3.05, 3.63) is 38.7 Å². The lowest BCUT2D eigenvalue weighted by molar-refractivity contribution is -0.139. The van der Waals surface area contributed by atoms with Crippen LogP contribution < -0.4 is 10.1 Å². The van der Waals surface area contributed by atoms with E-state index in [9.17, 15) is 9.90 Å². The van der Waals surface area contributed by atoms with Gasteiger partial charge < -0.3 is 15.2 Å². The molecule has 0 amide bonds. The Labute approximate surface area is 124 Å². The Bertz CT molecular complexity index is 517. The fraction of sp³-hybridized carbons (Fsp3) is 0.417. The number of hydrogen-bond donors (Lipinski definition) is 2. The molecule has 0 saturated carbocycles. The van der Waals surface area contributed by atoms with E-state index < -0.39 is 12.0 Å². The second-order valence-corrected chi connectivity index (χ2v) is 4.78. The zero-order valence-electron chi connectivity index (χ0n) is 10.9. The van der Waals surface area contributed by atoms with Crippen molar-refractivity contribution in [1.82, 2.24) is 5.32 Å². The maximum absolute atomic E-state index is 11.4. The molecule has 0 aliphatic rings. The second kappa shape index (κ2) is 8.42. The van der Waals surface area contributed by atoms with Gasteiger partial charge in [-0.1, -0.05) is 21.0 Å². The van der Waals surface area contributed by atoms with Crippen molar-refractivity contribution in [3.63, 3.8) is 0 Å². The highest BCUT2D eigenvalue weighted by Crippen LogP contribution is 2.28. The highest BCUT2D eigenvalue weighted by Gasteiger charge is 2.21. The molecule has 2 N–H and O–H groups in total. The van der Waals surface area contributed by atoms with Gasteiger partial charge in [-0.2, -0.15) is 0 Å². The molecule has 1 rings (SSSR count). The van der Waals surface area contributed by atoms with Gasteiger partial charge >= 0.3 is 5.97 Å². The molecule has 0 saturated heterocycles. The zero-order chi connectivity index (χ0) is 15.0. The first-order valence-electron chi connectivity index (χ1n) is 5.90.